The highest BCUT2D eigenvalue weighted by Gasteiger charge is 2.08. The Morgan fingerprint density at radius 1 is 1.14 bits per heavy atom. The first-order valence-corrected chi connectivity index (χ1v) is 9.70. The zero-order valence-electron chi connectivity index (χ0n) is 17.3. The molecule has 0 radical (unpaired) electrons. The minimum atomic E-state index is -0.242. The molecule has 1 aromatic heterocycles. The Morgan fingerprint density at radius 3 is 2.69 bits per heavy atom. The van der Waals surface area contributed by atoms with Crippen molar-refractivity contribution in [1.82, 2.24) is 16.0 Å². The van der Waals surface area contributed by atoms with Crippen molar-refractivity contribution in [3.8, 4) is 5.75 Å². The van der Waals surface area contributed by atoms with Gasteiger partial charge in [0.1, 0.15) is 12.4 Å². The SMILES string of the molecule is CCOCCOc1cc(C)ccc1CNC(=NC)NCCNC(=O)c1ccco1. The number of ether oxygens (including phenoxy) is 2. The molecule has 0 saturated carbocycles. The highest BCUT2D eigenvalue weighted by atomic mass is 16.5. The second kappa shape index (κ2) is 12.5. The number of nitrogens with zero attached hydrogens (tertiary/aromatic N) is 1. The van der Waals surface area contributed by atoms with Crippen LogP contribution in [0, 0.1) is 6.92 Å². The highest BCUT2D eigenvalue weighted by molar-refractivity contribution is 5.91. The lowest BCUT2D eigenvalue weighted by Gasteiger charge is -2.15. The third kappa shape index (κ3) is 7.87. The normalized spacial score (nSPS) is 11.2. The van der Waals surface area contributed by atoms with Crippen LogP contribution in [-0.4, -0.2) is 51.8 Å². The summed E-state index contributed by atoms with van der Waals surface area (Å²) in [5.74, 6) is 1.52. The van der Waals surface area contributed by atoms with Gasteiger partial charge in [0.05, 0.1) is 12.9 Å². The van der Waals surface area contributed by atoms with Crippen molar-refractivity contribution in [3.05, 3.63) is 53.5 Å². The van der Waals surface area contributed by atoms with Crippen LogP contribution in [0.25, 0.3) is 0 Å². The summed E-state index contributed by atoms with van der Waals surface area (Å²) in [7, 11) is 1.70. The van der Waals surface area contributed by atoms with E-state index in [1.165, 1.54) is 6.26 Å². The lowest BCUT2D eigenvalue weighted by atomic mass is 10.1. The molecule has 2 rings (SSSR count). The largest absolute Gasteiger partial charge is 0.491 e. The van der Waals surface area contributed by atoms with E-state index < -0.39 is 0 Å². The summed E-state index contributed by atoms with van der Waals surface area (Å²) in [6.45, 7) is 7.26. The first-order chi connectivity index (χ1) is 14.1. The van der Waals surface area contributed by atoms with Gasteiger partial charge in [0.25, 0.3) is 5.91 Å². The highest BCUT2D eigenvalue weighted by Crippen LogP contribution is 2.20. The maximum atomic E-state index is 11.8. The van der Waals surface area contributed by atoms with E-state index in [9.17, 15) is 4.79 Å². The number of carbonyl (C=O) groups excluding carboxylic acids is 1. The third-order valence-electron chi connectivity index (χ3n) is 4.03. The number of nitrogens with one attached hydrogen (secondary N) is 3. The molecule has 1 aromatic carbocycles. The summed E-state index contributed by atoms with van der Waals surface area (Å²) < 4.78 is 16.3. The Balaban J connectivity index is 1.77. The second-order valence-electron chi connectivity index (χ2n) is 6.24. The lowest BCUT2D eigenvalue weighted by molar-refractivity contribution is 0.0926. The van der Waals surface area contributed by atoms with Gasteiger partial charge in [-0.05, 0) is 37.6 Å². The summed E-state index contributed by atoms with van der Waals surface area (Å²) in [6, 6.07) is 9.41. The minimum Gasteiger partial charge on any atom is -0.491 e. The molecule has 8 nitrogen and oxygen atoms in total. The molecule has 0 aliphatic rings. The van der Waals surface area contributed by atoms with Crippen LogP contribution in [0.1, 0.15) is 28.6 Å². The number of aryl methyl sites for hydroxylation is 1. The quantitative estimate of drug-likeness (QED) is 0.303. The minimum absolute atomic E-state index is 0.242. The standard InChI is InChI=1S/C21H30N4O4/c1-4-27-12-13-29-19-14-16(2)7-8-17(19)15-25-21(22-3)24-10-9-23-20(26)18-6-5-11-28-18/h5-8,11,14H,4,9-10,12-13,15H2,1-3H3,(H,23,26)(H2,22,24,25). The summed E-state index contributed by atoms with van der Waals surface area (Å²) >= 11 is 0. The van der Waals surface area contributed by atoms with Gasteiger partial charge in [-0.3, -0.25) is 9.79 Å². The summed E-state index contributed by atoms with van der Waals surface area (Å²) in [6.07, 6.45) is 1.47. The van der Waals surface area contributed by atoms with Gasteiger partial charge in [0.2, 0.25) is 0 Å². The molecule has 0 fully saturated rings. The molecule has 3 N–H and O–H groups in total. The van der Waals surface area contributed by atoms with Gasteiger partial charge < -0.3 is 29.8 Å². The molecule has 158 valence electrons. The average Bonchev–Trinajstić information content (AvgIpc) is 3.26. The maximum absolute atomic E-state index is 11.8. The molecule has 0 aliphatic heterocycles. The van der Waals surface area contributed by atoms with Crippen LogP contribution in [0.5, 0.6) is 5.75 Å². The van der Waals surface area contributed by atoms with E-state index in [1.807, 2.05) is 32.0 Å². The Bertz CT molecular complexity index is 775. The molecular formula is C21H30N4O4. The van der Waals surface area contributed by atoms with Crippen LogP contribution < -0.4 is 20.7 Å². The van der Waals surface area contributed by atoms with Crippen LogP contribution in [0.15, 0.2) is 46.0 Å². The molecule has 0 atom stereocenters. The molecule has 8 heteroatoms. The number of amides is 1. The number of carbonyl (C=O) groups is 1. The van der Waals surface area contributed by atoms with Crippen molar-refractivity contribution in [1.29, 1.82) is 0 Å². The summed E-state index contributed by atoms with van der Waals surface area (Å²) in [5, 5.41) is 9.20. The van der Waals surface area contributed by atoms with E-state index in [2.05, 4.69) is 20.9 Å². The number of hydrogen-bond donors (Lipinski definition) is 3. The fourth-order valence-corrected chi connectivity index (χ4v) is 2.55. The molecule has 29 heavy (non-hydrogen) atoms. The van der Waals surface area contributed by atoms with Gasteiger partial charge in [-0.25, -0.2) is 0 Å². The number of hydrogen-bond acceptors (Lipinski definition) is 5. The monoisotopic (exact) mass is 402 g/mol. The van der Waals surface area contributed by atoms with Gasteiger partial charge in [-0.1, -0.05) is 12.1 Å². The number of guanidine groups is 1. The third-order valence-corrected chi connectivity index (χ3v) is 4.03. The van der Waals surface area contributed by atoms with Crippen LogP contribution in [0.4, 0.5) is 0 Å². The maximum Gasteiger partial charge on any atom is 0.287 e. The van der Waals surface area contributed by atoms with Crippen LogP contribution in [0.3, 0.4) is 0 Å². The zero-order chi connectivity index (χ0) is 20.9. The zero-order valence-corrected chi connectivity index (χ0v) is 17.3. The van der Waals surface area contributed by atoms with Crippen LogP contribution in [0.2, 0.25) is 0 Å². The van der Waals surface area contributed by atoms with E-state index in [-0.39, 0.29) is 5.91 Å². The van der Waals surface area contributed by atoms with Gasteiger partial charge in [0.15, 0.2) is 11.7 Å². The van der Waals surface area contributed by atoms with E-state index in [0.717, 1.165) is 16.9 Å². The predicted octanol–water partition coefficient (Wildman–Crippen LogP) is 2.10. The summed E-state index contributed by atoms with van der Waals surface area (Å²) in [4.78, 5) is 16.0. The Hall–Kier alpha value is -3.00. The Labute approximate surface area is 171 Å². The average molecular weight is 402 g/mol. The fraction of sp³-hybridized carbons (Fsp3) is 0.429. The molecular weight excluding hydrogens is 372 g/mol. The first kappa shape index (κ1) is 22.3. The van der Waals surface area contributed by atoms with E-state index in [1.54, 1.807) is 19.2 Å². The topological polar surface area (TPSA) is 97.1 Å². The number of furan rings is 1. The molecule has 0 aliphatic carbocycles. The van der Waals surface area contributed by atoms with E-state index >= 15 is 0 Å². The predicted molar refractivity (Wildman–Crippen MR) is 112 cm³/mol. The first-order valence-electron chi connectivity index (χ1n) is 9.70. The van der Waals surface area contributed by atoms with Crippen molar-refractivity contribution >= 4 is 11.9 Å². The number of aliphatic imine (C=N–C) groups is 1. The lowest BCUT2D eigenvalue weighted by Crippen LogP contribution is -2.41. The Morgan fingerprint density at radius 2 is 1.97 bits per heavy atom. The van der Waals surface area contributed by atoms with Crippen LogP contribution in [-0.2, 0) is 11.3 Å². The second-order valence-corrected chi connectivity index (χ2v) is 6.24. The van der Waals surface area contributed by atoms with Gasteiger partial charge in [-0.15, -0.1) is 0 Å². The van der Waals surface area contributed by atoms with Gasteiger partial charge in [-0.2, -0.15) is 0 Å². The van der Waals surface area contributed by atoms with E-state index in [0.29, 0.717) is 51.2 Å². The van der Waals surface area contributed by atoms with E-state index in [4.69, 9.17) is 13.9 Å². The molecule has 0 spiro atoms. The van der Waals surface area contributed by atoms with Crippen molar-refractivity contribution in [3.63, 3.8) is 0 Å². The molecule has 1 amide bonds. The van der Waals surface area contributed by atoms with Gasteiger partial charge in [0, 0.05) is 38.9 Å². The smallest absolute Gasteiger partial charge is 0.287 e. The van der Waals surface area contributed by atoms with Crippen molar-refractivity contribution in [2.75, 3.05) is 40.0 Å². The van der Waals surface area contributed by atoms with Crippen LogP contribution >= 0.6 is 0 Å². The van der Waals surface area contributed by atoms with Gasteiger partial charge >= 0.3 is 0 Å². The number of benzene rings is 1. The molecule has 0 unspecified atom stereocenters. The molecule has 1 heterocycles. The fourth-order valence-electron chi connectivity index (χ4n) is 2.55. The van der Waals surface area contributed by atoms with Crippen molar-refractivity contribution in [2.45, 2.75) is 20.4 Å². The molecule has 2 aromatic rings. The molecule has 0 bridgehead atoms. The van der Waals surface area contributed by atoms with Crippen molar-refractivity contribution < 1.29 is 18.7 Å². The number of rotatable bonds is 11. The Kier molecular flexibility index (Phi) is 9.57. The molecule has 0 saturated heterocycles. The van der Waals surface area contributed by atoms with Crippen molar-refractivity contribution in [2.24, 2.45) is 4.99 Å². The summed E-state index contributed by atoms with van der Waals surface area (Å²) in [5.41, 5.74) is 2.16.